The first-order chi connectivity index (χ1) is 12.6. The Bertz CT molecular complexity index is 738. The monoisotopic (exact) mass is 360 g/mol. The van der Waals surface area contributed by atoms with Crippen LogP contribution in [0.15, 0.2) is 40.8 Å². The molecule has 0 radical (unpaired) electrons. The number of hydrogen-bond acceptors (Lipinski definition) is 4. The van der Waals surface area contributed by atoms with Gasteiger partial charge in [-0.05, 0) is 30.2 Å². The fourth-order valence-corrected chi connectivity index (χ4v) is 3.25. The number of halogens is 1. The molecular weight excluding hydrogens is 335 g/mol. The smallest absolute Gasteiger partial charge is 0.287 e. The third-order valence-corrected chi connectivity index (χ3v) is 4.73. The van der Waals surface area contributed by atoms with Crippen molar-refractivity contribution in [2.24, 2.45) is 5.92 Å². The second-order valence-corrected chi connectivity index (χ2v) is 6.81. The Hall–Kier alpha value is -2.18. The summed E-state index contributed by atoms with van der Waals surface area (Å²) in [7, 11) is 0. The highest BCUT2D eigenvalue weighted by atomic mass is 19.1. The summed E-state index contributed by atoms with van der Waals surface area (Å²) in [5, 5.41) is 2.95. The lowest BCUT2D eigenvalue weighted by Crippen LogP contribution is -2.51. The van der Waals surface area contributed by atoms with Crippen LogP contribution in [-0.2, 0) is 4.74 Å². The molecule has 1 saturated heterocycles. The zero-order valence-electron chi connectivity index (χ0n) is 15.2. The third kappa shape index (κ3) is 4.31. The number of ether oxygens (including phenoxy) is 1. The predicted octanol–water partition coefficient (Wildman–Crippen LogP) is 3.17. The van der Waals surface area contributed by atoms with Crippen molar-refractivity contribution in [1.29, 1.82) is 0 Å². The summed E-state index contributed by atoms with van der Waals surface area (Å²) in [4.78, 5) is 14.8. The Balaban J connectivity index is 1.63. The number of nitrogens with zero attached hydrogens (tertiary/aromatic N) is 1. The maximum Gasteiger partial charge on any atom is 0.287 e. The van der Waals surface area contributed by atoms with Gasteiger partial charge in [-0.25, -0.2) is 4.39 Å². The molecule has 5 nitrogen and oxygen atoms in total. The molecule has 26 heavy (non-hydrogen) atoms. The molecule has 0 spiro atoms. The Morgan fingerprint density at radius 3 is 2.62 bits per heavy atom. The van der Waals surface area contributed by atoms with E-state index in [1.807, 2.05) is 0 Å². The van der Waals surface area contributed by atoms with Gasteiger partial charge in [0.1, 0.15) is 11.6 Å². The van der Waals surface area contributed by atoms with Gasteiger partial charge in [0.25, 0.3) is 5.91 Å². The van der Waals surface area contributed by atoms with Crippen LogP contribution in [-0.4, -0.2) is 49.7 Å². The molecule has 2 aromatic rings. The molecule has 1 aliphatic heterocycles. The molecule has 1 aromatic carbocycles. The summed E-state index contributed by atoms with van der Waals surface area (Å²) in [5.41, 5.74) is 0.347. The SMILES string of the molecule is CC(C)C(CNC(=O)c1ccc(-c2ccccc2F)o1)N1CCOCC1. The molecule has 1 amide bonds. The van der Waals surface area contributed by atoms with E-state index >= 15 is 0 Å². The number of rotatable bonds is 6. The van der Waals surface area contributed by atoms with E-state index in [2.05, 4.69) is 24.1 Å². The predicted molar refractivity (Wildman–Crippen MR) is 97.5 cm³/mol. The Kier molecular flexibility index (Phi) is 6.06. The molecule has 140 valence electrons. The number of amides is 1. The van der Waals surface area contributed by atoms with Crippen LogP contribution in [0.4, 0.5) is 4.39 Å². The first-order valence-corrected chi connectivity index (χ1v) is 9.01. The molecule has 1 fully saturated rings. The lowest BCUT2D eigenvalue weighted by molar-refractivity contribution is 0.00666. The second-order valence-electron chi connectivity index (χ2n) is 6.81. The number of morpholine rings is 1. The third-order valence-electron chi connectivity index (χ3n) is 4.73. The molecule has 1 atom stereocenters. The first kappa shape index (κ1) is 18.6. The highest BCUT2D eigenvalue weighted by Crippen LogP contribution is 2.24. The highest BCUT2D eigenvalue weighted by molar-refractivity contribution is 5.92. The van der Waals surface area contributed by atoms with Crippen molar-refractivity contribution in [2.75, 3.05) is 32.8 Å². The molecule has 1 aromatic heterocycles. The van der Waals surface area contributed by atoms with E-state index in [1.165, 1.54) is 6.07 Å². The van der Waals surface area contributed by atoms with Crippen LogP contribution >= 0.6 is 0 Å². The molecule has 2 heterocycles. The van der Waals surface area contributed by atoms with Gasteiger partial charge in [0, 0.05) is 25.7 Å². The van der Waals surface area contributed by atoms with Crippen LogP contribution in [0.2, 0.25) is 0 Å². The van der Waals surface area contributed by atoms with Crippen LogP contribution < -0.4 is 5.32 Å². The summed E-state index contributed by atoms with van der Waals surface area (Å²) in [6.07, 6.45) is 0. The maximum absolute atomic E-state index is 13.9. The fourth-order valence-electron chi connectivity index (χ4n) is 3.25. The second kappa shape index (κ2) is 8.47. The summed E-state index contributed by atoms with van der Waals surface area (Å²) >= 11 is 0. The quantitative estimate of drug-likeness (QED) is 0.860. The van der Waals surface area contributed by atoms with Crippen LogP contribution in [0.25, 0.3) is 11.3 Å². The van der Waals surface area contributed by atoms with E-state index in [9.17, 15) is 9.18 Å². The van der Waals surface area contributed by atoms with Crippen molar-refractivity contribution in [1.82, 2.24) is 10.2 Å². The topological polar surface area (TPSA) is 54.7 Å². The van der Waals surface area contributed by atoms with Crippen molar-refractivity contribution >= 4 is 5.91 Å². The zero-order valence-corrected chi connectivity index (χ0v) is 15.2. The minimum Gasteiger partial charge on any atom is -0.451 e. The van der Waals surface area contributed by atoms with Crippen molar-refractivity contribution in [3.8, 4) is 11.3 Å². The summed E-state index contributed by atoms with van der Waals surface area (Å²) in [5.74, 6) is 0.279. The molecule has 0 aliphatic carbocycles. The largest absolute Gasteiger partial charge is 0.451 e. The fraction of sp³-hybridized carbons (Fsp3) is 0.450. The van der Waals surface area contributed by atoms with Gasteiger partial charge in [0.2, 0.25) is 0 Å². The number of hydrogen-bond donors (Lipinski definition) is 1. The van der Waals surface area contributed by atoms with Crippen molar-refractivity contribution in [3.63, 3.8) is 0 Å². The van der Waals surface area contributed by atoms with Gasteiger partial charge in [-0.2, -0.15) is 0 Å². The van der Waals surface area contributed by atoms with Gasteiger partial charge < -0.3 is 14.5 Å². The molecular formula is C20H25FN2O3. The van der Waals surface area contributed by atoms with Gasteiger partial charge in [-0.15, -0.1) is 0 Å². The van der Waals surface area contributed by atoms with Crippen LogP contribution in [0.5, 0.6) is 0 Å². The summed E-state index contributed by atoms with van der Waals surface area (Å²) < 4.78 is 24.8. The lowest BCUT2D eigenvalue weighted by atomic mass is 10.0. The van der Waals surface area contributed by atoms with Crippen LogP contribution in [0.3, 0.4) is 0 Å². The molecule has 1 N–H and O–H groups in total. The molecule has 1 unspecified atom stereocenters. The number of benzene rings is 1. The number of carbonyl (C=O) groups excluding carboxylic acids is 1. The first-order valence-electron chi connectivity index (χ1n) is 9.01. The van der Waals surface area contributed by atoms with Gasteiger partial charge in [0.05, 0.1) is 18.8 Å². The summed E-state index contributed by atoms with van der Waals surface area (Å²) in [6.45, 7) is 8.02. The van der Waals surface area contributed by atoms with Crippen molar-refractivity contribution < 1.29 is 18.3 Å². The van der Waals surface area contributed by atoms with E-state index < -0.39 is 0 Å². The molecule has 0 saturated carbocycles. The van der Waals surface area contributed by atoms with Gasteiger partial charge in [-0.1, -0.05) is 26.0 Å². The van der Waals surface area contributed by atoms with E-state index in [-0.39, 0.29) is 23.5 Å². The minimum atomic E-state index is -0.374. The van der Waals surface area contributed by atoms with E-state index in [0.717, 1.165) is 26.3 Å². The van der Waals surface area contributed by atoms with Crippen molar-refractivity contribution in [3.05, 3.63) is 48.0 Å². The molecule has 3 rings (SSSR count). The molecule has 0 bridgehead atoms. The van der Waals surface area contributed by atoms with Gasteiger partial charge in [0.15, 0.2) is 5.76 Å². The Morgan fingerprint density at radius 2 is 1.92 bits per heavy atom. The molecule has 6 heteroatoms. The standard InChI is InChI=1S/C20H25FN2O3/c1-14(2)17(23-9-11-25-12-10-23)13-22-20(24)19-8-7-18(26-19)15-5-3-4-6-16(15)21/h3-8,14,17H,9-13H2,1-2H3,(H,22,24). The van der Waals surface area contributed by atoms with Crippen molar-refractivity contribution in [2.45, 2.75) is 19.9 Å². The van der Waals surface area contributed by atoms with Gasteiger partial charge >= 0.3 is 0 Å². The number of carbonyl (C=O) groups is 1. The number of nitrogens with one attached hydrogen (secondary N) is 1. The Morgan fingerprint density at radius 1 is 1.19 bits per heavy atom. The lowest BCUT2D eigenvalue weighted by Gasteiger charge is -2.36. The zero-order chi connectivity index (χ0) is 18.5. The van der Waals surface area contributed by atoms with E-state index in [1.54, 1.807) is 30.3 Å². The highest BCUT2D eigenvalue weighted by Gasteiger charge is 2.25. The van der Waals surface area contributed by atoms with E-state index in [0.29, 0.717) is 23.8 Å². The number of furan rings is 1. The minimum absolute atomic E-state index is 0.188. The normalized spacial score (nSPS) is 16.6. The average molecular weight is 360 g/mol. The summed E-state index contributed by atoms with van der Waals surface area (Å²) in [6, 6.07) is 9.79. The van der Waals surface area contributed by atoms with Crippen LogP contribution in [0, 0.1) is 11.7 Å². The van der Waals surface area contributed by atoms with Crippen LogP contribution in [0.1, 0.15) is 24.4 Å². The van der Waals surface area contributed by atoms with E-state index in [4.69, 9.17) is 9.15 Å². The Labute approximate surface area is 153 Å². The maximum atomic E-state index is 13.9. The van der Waals surface area contributed by atoms with Gasteiger partial charge in [-0.3, -0.25) is 9.69 Å². The average Bonchev–Trinajstić information content (AvgIpc) is 3.13. The molecule has 1 aliphatic rings.